The van der Waals surface area contributed by atoms with Crippen molar-refractivity contribution in [3.63, 3.8) is 0 Å². The number of rotatable bonds is 7. The minimum atomic E-state index is -0.821. The van der Waals surface area contributed by atoms with E-state index in [1.54, 1.807) is 0 Å². The van der Waals surface area contributed by atoms with Gasteiger partial charge in [-0.1, -0.05) is 42.4 Å². The molecule has 0 saturated heterocycles. The minimum absolute atomic E-state index is 0.438. The van der Waals surface area contributed by atoms with Crippen molar-refractivity contribution in [3.8, 4) is 0 Å². The molecule has 1 heterocycles. The molecule has 2 rings (SSSR count). The number of carboxylic acid groups (broad SMARTS) is 1. The summed E-state index contributed by atoms with van der Waals surface area (Å²) in [6.07, 6.45) is 1.17. The normalized spacial score (nSPS) is 12.2. The van der Waals surface area contributed by atoms with Crippen molar-refractivity contribution in [1.29, 1.82) is 0 Å². The molecule has 0 radical (unpaired) electrons. The summed E-state index contributed by atoms with van der Waals surface area (Å²) in [5.41, 5.74) is 1.01. The fourth-order valence-electron chi connectivity index (χ4n) is 1.71. The second-order valence-corrected chi connectivity index (χ2v) is 5.48. The molecule has 1 aromatic heterocycles. The van der Waals surface area contributed by atoms with Gasteiger partial charge in [0.2, 0.25) is 5.89 Å². The maximum absolute atomic E-state index is 11.3. The van der Waals surface area contributed by atoms with E-state index in [1.807, 2.05) is 37.3 Å². The average molecular weight is 292 g/mol. The van der Waals surface area contributed by atoms with Crippen molar-refractivity contribution in [2.45, 2.75) is 30.8 Å². The molecular formula is C14H16N2O3S. The van der Waals surface area contributed by atoms with E-state index in [0.717, 1.165) is 5.56 Å². The summed E-state index contributed by atoms with van der Waals surface area (Å²) in [5.74, 6) is 0.743. The first-order valence-corrected chi connectivity index (χ1v) is 7.43. The average Bonchev–Trinajstić information content (AvgIpc) is 2.92. The van der Waals surface area contributed by atoms with Gasteiger partial charge < -0.3 is 9.63 Å². The Kier molecular flexibility index (Phi) is 5.17. The standard InChI is InChI=1S/C14H16N2O3S/c1-2-13-15-12(16-19-13)9-20-11(14(17)18)8-10-6-4-3-5-7-10/h3-7,11H,2,8-9H2,1H3,(H,17,18). The van der Waals surface area contributed by atoms with Crippen LogP contribution in [0.5, 0.6) is 0 Å². The van der Waals surface area contributed by atoms with Crippen molar-refractivity contribution in [2.24, 2.45) is 0 Å². The van der Waals surface area contributed by atoms with E-state index in [1.165, 1.54) is 11.8 Å². The number of hydrogen-bond donors (Lipinski definition) is 1. The summed E-state index contributed by atoms with van der Waals surface area (Å²) < 4.78 is 5.00. The Balaban J connectivity index is 1.94. The van der Waals surface area contributed by atoms with E-state index in [-0.39, 0.29) is 0 Å². The molecule has 0 amide bonds. The van der Waals surface area contributed by atoms with Gasteiger partial charge in [-0.3, -0.25) is 4.79 Å². The molecular weight excluding hydrogens is 276 g/mol. The lowest BCUT2D eigenvalue weighted by Gasteiger charge is -2.10. The molecule has 2 aromatic rings. The summed E-state index contributed by atoms with van der Waals surface area (Å²) in [6.45, 7) is 1.93. The first kappa shape index (κ1) is 14.6. The molecule has 6 heteroatoms. The van der Waals surface area contributed by atoms with E-state index >= 15 is 0 Å². The van der Waals surface area contributed by atoms with Crippen molar-refractivity contribution in [3.05, 3.63) is 47.6 Å². The van der Waals surface area contributed by atoms with Crippen LogP contribution >= 0.6 is 11.8 Å². The van der Waals surface area contributed by atoms with E-state index < -0.39 is 11.2 Å². The highest BCUT2D eigenvalue weighted by Gasteiger charge is 2.19. The molecule has 0 aliphatic heterocycles. The van der Waals surface area contributed by atoms with Crippen LogP contribution in [0.25, 0.3) is 0 Å². The van der Waals surface area contributed by atoms with Gasteiger partial charge in [0.25, 0.3) is 0 Å². The first-order valence-electron chi connectivity index (χ1n) is 6.39. The third-order valence-corrected chi connectivity index (χ3v) is 3.96. The fourth-order valence-corrected chi connectivity index (χ4v) is 2.63. The Bertz CT molecular complexity index is 557. The van der Waals surface area contributed by atoms with Crippen LogP contribution in [-0.4, -0.2) is 26.5 Å². The van der Waals surface area contributed by atoms with Crippen LogP contribution in [0.3, 0.4) is 0 Å². The van der Waals surface area contributed by atoms with Crippen LogP contribution in [0.15, 0.2) is 34.9 Å². The molecule has 5 nitrogen and oxygen atoms in total. The minimum Gasteiger partial charge on any atom is -0.480 e. The molecule has 1 aromatic carbocycles. The van der Waals surface area contributed by atoms with E-state index in [0.29, 0.717) is 30.3 Å². The van der Waals surface area contributed by atoms with Gasteiger partial charge in [-0.15, -0.1) is 11.8 Å². The predicted molar refractivity (Wildman–Crippen MR) is 76.5 cm³/mol. The third kappa shape index (κ3) is 4.09. The molecule has 0 aliphatic rings. The van der Waals surface area contributed by atoms with Gasteiger partial charge in [-0.2, -0.15) is 4.98 Å². The van der Waals surface area contributed by atoms with Crippen LogP contribution in [0.1, 0.15) is 24.2 Å². The Labute approximate surface area is 121 Å². The number of hydrogen-bond acceptors (Lipinski definition) is 5. The van der Waals surface area contributed by atoms with Gasteiger partial charge in [0.1, 0.15) is 5.25 Å². The van der Waals surface area contributed by atoms with Gasteiger partial charge in [0, 0.05) is 6.42 Å². The molecule has 0 bridgehead atoms. The second-order valence-electron chi connectivity index (χ2n) is 4.29. The number of thioether (sulfide) groups is 1. The van der Waals surface area contributed by atoms with Crippen molar-refractivity contribution in [2.75, 3.05) is 0 Å². The lowest BCUT2D eigenvalue weighted by atomic mass is 10.1. The summed E-state index contributed by atoms with van der Waals surface area (Å²) >= 11 is 1.32. The van der Waals surface area contributed by atoms with Gasteiger partial charge in [-0.25, -0.2) is 0 Å². The molecule has 1 N–H and O–H groups in total. The van der Waals surface area contributed by atoms with Gasteiger partial charge in [-0.05, 0) is 12.0 Å². The Hall–Kier alpha value is -1.82. The Morgan fingerprint density at radius 2 is 2.15 bits per heavy atom. The number of nitrogens with zero attached hydrogens (tertiary/aromatic N) is 2. The van der Waals surface area contributed by atoms with Gasteiger partial charge in [0.05, 0.1) is 5.75 Å². The maximum Gasteiger partial charge on any atom is 0.316 e. The zero-order chi connectivity index (χ0) is 14.4. The zero-order valence-corrected chi connectivity index (χ0v) is 12.0. The number of aliphatic carboxylic acids is 1. The monoisotopic (exact) mass is 292 g/mol. The van der Waals surface area contributed by atoms with Crippen molar-refractivity contribution in [1.82, 2.24) is 10.1 Å². The molecule has 0 fully saturated rings. The molecule has 0 spiro atoms. The lowest BCUT2D eigenvalue weighted by Crippen LogP contribution is -2.19. The molecule has 0 saturated carbocycles. The number of carbonyl (C=O) groups is 1. The SMILES string of the molecule is CCc1nc(CSC(Cc2ccccc2)C(=O)O)no1. The second kappa shape index (κ2) is 7.09. The largest absolute Gasteiger partial charge is 0.480 e. The molecule has 0 aliphatic carbocycles. The van der Waals surface area contributed by atoms with Crippen LogP contribution in [0, 0.1) is 0 Å². The van der Waals surface area contributed by atoms with E-state index in [9.17, 15) is 9.90 Å². The summed E-state index contributed by atoms with van der Waals surface area (Å²) in [4.78, 5) is 15.5. The van der Waals surface area contributed by atoms with E-state index in [2.05, 4.69) is 10.1 Å². The zero-order valence-electron chi connectivity index (χ0n) is 11.2. The molecule has 20 heavy (non-hydrogen) atoms. The highest BCUT2D eigenvalue weighted by Crippen LogP contribution is 2.20. The quantitative estimate of drug-likeness (QED) is 0.845. The van der Waals surface area contributed by atoms with Gasteiger partial charge in [0.15, 0.2) is 5.82 Å². The lowest BCUT2D eigenvalue weighted by molar-refractivity contribution is -0.136. The van der Waals surface area contributed by atoms with Crippen LogP contribution in [0.2, 0.25) is 0 Å². The van der Waals surface area contributed by atoms with Crippen LogP contribution in [0.4, 0.5) is 0 Å². The number of carboxylic acids is 1. The maximum atomic E-state index is 11.3. The fraction of sp³-hybridized carbons (Fsp3) is 0.357. The van der Waals surface area contributed by atoms with Crippen molar-refractivity contribution < 1.29 is 14.4 Å². The first-order chi connectivity index (χ1) is 9.69. The number of benzene rings is 1. The third-order valence-electron chi connectivity index (χ3n) is 2.77. The molecule has 1 unspecified atom stereocenters. The van der Waals surface area contributed by atoms with Crippen LogP contribution < -0.4 is 0 Å². The summed E-state index contributed by atoms with van der Waals surface area (Å²) in [5, 5.41) is 12.6. The number of aryl methyl sites for hydroxylation is 1. The van der Waals surface area contributed by atoms with E-state index in [4.69, 9.17) is 4.52 Å². The molecule has 106 valence electrons. The highest BCUT2D eigenvalue weighted by molar-refractivity contribution is 7.99. The Morgan fingerprint density at radius 1 is 1.40 bits per heavy atom. The molecule has 1 atom stereocenters. The van der Waals surface area contributed by atoms with Gasteiger partial charge >= 0.3 is 5.97 Å². The summed E-state index contributed by atoms with van der Waals surface area (Å²) in [6, 6.07) is 9.59. The topological polar surface area (TPSA) is 76.2 Å². The highest BCUT2D eigenvalue weighted by atomic mass is 32.2. The predicted octanol–water partition coefficient (Wildman–Crippen LogP) is 2.56. The van der Waals surface area contributed by atoms with Crippen LogP contribution in [-0.2, 0) is 23.4 Å². The van der Waals surface area contributed by atoms with Crippen molar-refractivity contribution >= 4 is 17.7 Å². The summed E-state index contributed by atoms with van der Waals surface area (Å²) in [7, 11) is 0. The Morgan fingerprint density at radius 3 is 2.75 bits per heavy atom. The number of aromatic nitrogens is 2. The smallest absolute Gasteiger partial charge is 0.316 e.